The van der Waals surface area contributed by atoms with E-state index in [4.69, 9.17) is 4.74 Å². The number of sulfonamides is 1. The van der Waals surface area contributed by atoms with Crippen molar-refractivity contribution in [1.82, 2.24) is 9.73 Å². The van der Waals surface area contributed by atoms with Crippen LogP contribution in [0.1, 0.15) is 26.3 Å². The van der Waals surface area contributed by atoms with E-state index in [1.165, 1.54) is 17.0 Å². The van der Waals surface area contributed by atoms with Gasteiger partial charge in [0.05, 0.1) is 23.7 Å². The molecule has 1 aromatic carbocycles. The summed E-state index contributed by atoms with van der Waals surface area (Å²) in [6.45, 7) is 7.75. The molecule has 1 aliphatic rings. The fourth-order valence-electron chi connectivity index (χ4n) is 1.82. The maximum absolute atomic E-state index is 12.1. The lowest BCUT2D eigenvalue weighted by Crippen LogP contribution is -2.52. The Labute approximate surface area is 136 Å². The van der Waals surface area contributed by atoms with E-state index in [1.807, 2.05) is 6.92 Å². The molecule has 23 heavy (non-hydrogen) atoms. The minimum atomic E-state index is -3.69. The fraction of sp³-hybridized carbons (Fsp3) is 0.467. The van der Waals surface area contributed by atoms with Crippen molar-refractivity contribution in [2.24, 2.45) is 5.10 Å². The first kappa shape index (κ1) is 17.3. The molecule has 1 saturated heterocycles. The quantitative estimate of drug-likeness (QED) is 0.852. The van der Waals surface area contributed by atoms with Gasteiger partial charge in [-0.15, -0.1) is 0 Å². The van der Waals surface area contributed by atoms with Crippen molar-refractivity contribution < 1.29 is 17.9 Å². The van der Waals surface area contributed by atoms with Crippen molar-refractivity contribution in [2.45, 2.75) is 38.2 Å². The normalized spacial score (nSPS) is 15.0. The third kappa shape index (κ3) is 4.69. The molecule has 8 heteroatoms. The molecule has 1 amide bonds. The average Bonchev–Trinajstić information content (AvgIpc) is 2.35. The molecule has 1 fully saturated rings. The number of rotatable bonds is 3. The van der Waals surface area contributed by atoms with Gasteiger partial charge in [0.1, 0.15) is 5.60 Å². The van der Waals surface area contributed by atoms with Crippen molar-refractivity contribution in [3.8, 4) is 0 Å². The maximum Gasteiger partial charge on any atom is 0.410 e. The number of amides is 1. The van der Waals surface area contributed by atoms with Crippen LogP contribution in [0, 0.1) is 6.92 Å². The standard InChI is InChI=1S/C15H21N3O4S/c1-11-5-7-13(8-6-11)23(20,21)17-16-12-9-18(10-12)14(19)22-15(2,3)4/h5-8,17H,9-10H2,1-4H3. The molecule has 1 N–H and O–H groups in total. The molecule has 0 aromatic heterocycles. The van der Waals surface area contributed by atoms with Gasteiger partial charge >= 0.3 is 6.09 Å². The predicted octanol–water partition coefficient (Wildman–Crippen LogP) is 1.88. The van der Waals surface area contributed by atoms with Crippen molar-refractivity contribution in [3.05, 3.63) is 29.8 Å². The SMILES string of the molecule is Cc1ccc(S(=O)(=O)NN=C2CN(C(=O)OC(C)(C)C)C2)cc1. The summed E-state index contributed by atoms with van der Waals surface area (Å²) < 4.78 is 29.3. The molecule has 0 atom stereocenters. The minimum Gasteiger partial charge on any atom is -0.444 e. The number of aryl methyl sites for hydroxylation is 1. The first-order valence-corrected chi connectivity index (χ1v) is 8.67. The number of carbonyl (C=O) groups excluding carboxylic acids is 1. The Hall–Kier alpha value is -2.09. The number of benzene rings is 1. The second-order valence-electron chi connectivity index (χ2n) is 6.42. The third-order valence-corrected chi connectivity index (χ3v) is 4.28. The molecule has 126 valence electrons. The van der Waals surface area contributed by atoms with Crippen LogP contribution in [0.25, 0.3) is 0 Å². The Morgan fingerprint density at radius 2 is 1.78 bits per heavy atom. The van der Waals surface area contributed by atoms with Crippen LogP contribution in [0.3, 0.4) is 0 Å². The summed E-state index contributed by atoms with van der Waals surface area (Å²) in [5, 5.41) is 3.86. The first-order valence-electron chi connectivity index (χ1n) is 7.19. The molecule has 2 rings (SSSR count). The van der Waals surface area contributed by atoms with Gasteiger partial charge in [-0.2, -0.15) is 18.4 Å². The summed E-state index contributed by atoms with van der Waals surface area (Å²) >= 11 is 0. The summed E-state index contributed by atoms with van der Waals surface area (Å²) in [6.07, 6.45) is -0.433. The van der Waals surface area contributed by atoms with E-state index in [-0.39, 0.29) is 18.0 Å². The highest BCUT2D eigenvalue weighted by Crippen LogP contribution is 2.14. The molecule has 0 spiro atoms. The van der Waals surface area contributed by atoms with Gasteiger partial charge in [-0.3, -0.25) is 4.90 Å². The highest BCUT2D eigenvalue weighted by Gasteiger charge is 2.31. The van der Waals surface area contributed by atoms with Crippen LogP contribution < -0.4 is 4.83 Å². The zero-order chi connectivity index (χ0) is 17.3. The lowest BCUT2D eigenvalue weighted by Gasteiger charge is -2.34. The number of ether oxygens (including phenoxy) is 1. The van der Waals surface area contributed by atoms with E-state index in [2.05, 4.69) is 9.93 Å². The van der Waals surface area contributed by atoms with E-state index in [1.54, 1.807) is 32.9 Å². The number of carbonyl (C=O) groups is 1. The van der Waals surface area contributed by atoms with Gasteiger partial charge in [-0.25, -0.2) is 4.79 Å². The summed E-state index contributed by atoms with van der Waals surface area (Å²) in [7, 11) is -3.69. The zero-order valence-electron chi connectivity index (χ0n) is 13.7. The topological polar surface area (TPSA) is 88.1 Å². The second kappa shape index (κ2) is 6.19. The molecule has 7 nitrogen and oxygen atoms in total. The number of likely N-dealkylation sites (tertiary alicyclic amines) is 1. The fourth-order valence-corrected chi connectivity index (χ4v) is 2.66. The summed E-state index contributed by atoms with van der Waals surface area (Å²) in [5.74, 6) is 0. The van der Waals surface area contributed by atoms with E-state index in [0.29, 0.717) is 5.71 Å². The Morgan fingerprint density at radius 1 is 1.22 bits per heavy atom. The number of nitrogens with one attached hydrogen (secondary N) is 1. The van der Waals surface area contributed by atoms with Crippen LogP contribution in [-0.2, 0) is 14.8 Å². The van der Waals surface area contributed by atoms with Crippen molar-refractivity contribution >= 4 is 21.8 Å². The number of hydrogen-bond acceptors (Lipinski definition) is 5. The molecule has 1 heterocycles. The van der Waals surface area contributed by atoms with Gasteiger partial charge < -0.3 is 4.74 Å². The van der Waals surface area contributed by atoms with Gasteiger partial charge in [0, 0.05) is 0 Å². The predicted molar refractivity (Wildman–Crippen MR) is 86.7 cm³/mol. The summed E-state index contributed by atoms with van der Waals surface area (Å²) in [6, 6.07) is 6.47. The van der Waals surface area contributed by atoms with Crippen molar-refractivity contribution in [2.75, 3.05) is 13.1 Å². The van der Waals surface area contributed by atoms with E-state index < -0.39 is 21.7 Å². The molecular formula is C15H21N3O4S. The van der Waals surface area contributed by atoms with E-state index in [9.17, 15) is 13.2 Å². The van der Waals surface area contributed by atoms with Crippen LogP contribution in [-0.4, -0.2) is 43.8 Å². The monoisotopic (exact) mass is 339 g/mol. The van der Waals surface area contributed by atoms with Gasteiger partial charge in [-0.1, -0.05) is 17.7 Å². The minimum absolute atomic E-state index is 0.149. The Balaban J connectivity index is 1.91. The highest BCUT2D eigenvalue weighted by molar-refractivity contribution is 7.89. The molecule has 0 saturated carbocycles. The average molecular weight is 339 g/mol. The van der Waals surface area contributed by atoms with Crippen molar-refractivity contribution in [3.63, 3.8) is 0 Å². The highest BCUT2D eigenvalue weighted by atomic mass is 32.2. The van der Waals surface area contributed by atoms with Gasteiger partial charge in [0.15, 0.2) is 0 Å². The summed E-state index contributed by atoms with van der Waals surface area (Å²) in [5.41, 5.74) is 0.991. The van der Waals surface area contributed by atoms with Crippen LogP contribution in [0.5, 0.6) is 0 Å². The lowest BCUT2D eigenvalue weighted by atomic mass is 10.2. The van der Waals surface area contributed by atoms with Crippen LogP contribution >= 0.6 is 0 Å². The maximum atomic E-state index is 12.1. The molecular weight excluding hydrogens is 318 g/mol. The van der Waals surface area contributed by atoms with Crippen LogP contribution in [0.2, 0.25) is 0 Å². The molecule has 0 aliphatic carbocycles. The zero-order valence-corrected chi connectivity index (χ0v) is 14.5. The molecule has 0 radical (unpaired) electrons. The number of nitrogens with zero attached hydrogens (tertiary/aromatic N) is 2. The Kier molecular flexibility index (Phi) is 4.65. The van der Waals surface area contributed by atoms with E-state index in [0.717, 1.165) is 5.56 Å². The smallest absolute Gasteiger partial charge is 0.410 e. The molecule has 0 unspecified atom stereocenters. The molecule has 0 bridgehead atoms. The molecule has 1 aliphatic heterocycles. The largest absolute Gasteiger partial charge is 0.444 e. The number of hydrazone groups is 1. The molecule has 1 aromatic rings. The van der Waals surface area contributed by atoms with Gasteiger partial charge in [0.25, 0.3) is 10.0 Å². The summed E-state index contributed by atoms with van der Waals surface area (Å²) in [4.78, 5) is 15.5. The van der Waals surface area contributed by atoms with Crippen molar-refractivity contribution in [1.29, 1.82) is 0 Å². The van der Waals surface area contributed by atoms with E-state index >= 15 is 0 Å². The van der Waals surface area contributed by atoms with Gasteiger partial charge in [-0.05, 0) is 39.8 Å². The first-order chi connectivity index (χ1) is 10.6. The van der Waals surface area contributed by atoms with Crippen LogP contribution in [0.15, 0.2) is 34.3 Å². The second-order valence-corrected chi connectivity index (χ2v) is 8.08. The van der Waals surface area contributed by atoms with Gasteiger partial charge in [0.2, 0.25) is 0 Å². The van der Waals surface area contributed by atoms with Crippen LogP contribution in [0.4, 0.5) is 4.79 Å². The Morgan fingerprint density at radius 3 is 2.30 bits per heavy atom. The lowest BCUT2D eigenvalue weighted by molar-refractivity contribution is 0.0264. The third-order valence-electron chi connectivity index (χ3n) is 3.05. The number of hydrogen-bond donors (Lipinski definition) is 1. The Bertz CT molecular complexity index is 710.